The molecule has 0 aliphatic rings. The van der Waals surface area contributed by atoms with Crippen LogP contribution in [-0.2, 0) is 4.79 Å². The number of hydrogen-bond acceptors (Lipinski definition) is 6. The van der Waals surface area contributed by atoms with Gasteiger partial charge >= 0.3 is 5.97 Å². The number of nitrogens with one attached hydrogen (secondary N) is 2. The third-order valence-corrected chi connectivity index (χ3v) is 5.74. The van der Waals surface area contributed by atoms with Crippen molar-refractivity contribution in [2.75, 3.05) is 11.9 Å². The van der Waals surface area contributed by atoms with Gasteiger partial charge in [0.25, 0.3) is 11.8 Å². The molecule has 36 heavy (non-hydrogen) atoms. The molecule has 0 unspecified atom stereocenters. The number of benzene rings is 3. The molecule has 0 fully saturated rings. The predicted molar refractivity (Wildman–Crippen MR) is 137 cm³/mol. The van der Waals surface area contributed by atoms with Gasteiger partial charge in [-0.1, -0.05) is 61.5 Å². The van der Waals surface area contributed by atoms with Crippen molar-refractivity contribution in [2.45, 2.75) is 26.3 Å². The zero-order chi connectivity index (χ0) is 25.5. The molecule has 3 aromatic carbocycles. The van der Waals surface area contributed by atoms with Gasteiger partial charge in [0.05, 0.1) is 12.5 Å². The molecule has 0 spiro atoms. The van der Waals surface area contributed by atoms with E-state index in [-0.39, 0.29) is 24.9 Å². The van der Waals surface area contributed by atoms with E-state index < -0.39 is 5.97 Å². The highest BCUT2D eigenvalue weighted by Gasteiger charge is 2.17. The Morgan fingerprint density at radius 3 is 2.25 bits per heavy atom. The molecule has 8 heteroatoms. The van der Waals surface area contributed by atoms with Crippen molar-refractivity contribution < 1.29 is 19.2 Å². The molecule has 1 atom stereocenters. The van der Waals surface area contributed by atoms with E-state index in [1.54, 1.807) is 12.1 Å². The maximum atomic E-state index is 12.2. The number of carbonyl (C=O) groups is 2. The molecule has 0 saturated carbocycles. The van der Waals surface area contributed by atoms with E-state index in [0.717, 1.165) is 22.4 Å². The number of hydrogen-bond donors (Lipinski definition) is 3. The summed E-state index contributed by atoms with van der Waals surface area (Å²) in [7, 11) is 0. The monoisotopic (exact) mass is 484 g/mol. The summed E-state index contributed by atoms with van der Waals surface area (Å²) in [6, 6.07) is 24.9. The number of anilines is 1. The minimum Gasteiger partial charge on any atom is -0.481 e. The number of aliphatic carboxylic acids is 1. The van der Waals surface area contributed by atoms with E-state index in [2.05, 4.69) is 46.8 Å². The molecule has 0 radical (unpaired) electrons. The first-order valence-electron chi connectivity index (χ1n) is 11.8. The highest BCUT2D eigenvalue weighted by atomic mass is 16.5. The average molecular weight is 485 g/mol. The third-order valence-electron chi connectivity index (χ3n) is 5.74. The summed E-state index contributed by atoms with van der Waals surface area (Å²) in [6.07, 6.45) is -0.110. The largest absolute Gasteiger partial charge is 0.481 e. The Morgan fingerprint density at radius 2 is 1.61 bits per heavy atom. The summed E-state index contributed by atoms with van der Waals surface area (Å²) in [5.74, 6) is 0.0688. The van der Waals surface area contributed by atoms with Crippen LogP contribution in [0, 0.1) is 5.92 Å². The molecular weight excluding hydrogens is 456 g/mol. The lowest BCUT2D eigenvalue weighted by Crippen LogP contribution is -2.26. The lowest BCUT2D eigenvalue weighted by atomic mass is 9.94. The van der Waals surface area contributed by atoms with Crippen molar-refractivity contribution in [1.29, 1.82) is 0 Å². The summed E-state index contributed by atoms with van der Waals surface area (Å²) in [6.45, 7) is 4.37. The van der Waals surface area contributed by atoms with Crippen LogP contribution in [0.3, 0.4) is 0 Å². The fourth-order valence-corrected chi connectivity index (χ4v) is 3.80. The summed E-state index contributed by atoms with van der Waals surface area (Å²) in [5.41, 5.74) is 4.21. The van der Waals surface area contributed by atoms with E-state index in [0.29, 0.717) is 23.2 Å². The van der Waals surface area contributed by atoms with Gasteiger partial charge in [-0.15, -0.1) is 0 Å². The molecule has 3 N–H and O–H groups in total. The van der Waals surface area contributed by atoms with Gasteiger partial charge in [-0.05, 0) is 47.9 Å². The molecule has 184 valence electrons. The Balaban J connectivity index is 1.43. The number of carboxylic acids is 1. The highest BCUT2D eigenvalue weighted by Crippen LogP contribution is 2.29. The van der Waals surface area contributed by atoms with Crippen molar-refractivity contribution in [2.24, 2.45) is 5.92 Å². The summed E-state index contributed by atoms with van der Waals surface area (Å²) < 4.78 is 5.43. The van der Waals surface area contributed by atoms with Crippen LogP contribution in [-0.4, -0.2) is 33.7 Å². The van der Waals surface area contributed by atoms with Crippen molar-refractivity contribution in [1.82, 2.24) is 15.5 Å². The van der Waals surface area contributed by atoms with E-state index in [4.69, 9.17) is 9.63 Å². The van der Waals surface area contributed by atoms with Crippen LogP contribution in [0.15, 0.2) is 83.4 Å². The van der Waals surface area contributed by atoms with E-state index in [9.17, 15) is 9.59 Å². The molecule has 0 saturated heterocycles. The van der Waals surface area contributed by atoms with Crippen LogP contribution in [0.25, 0.3) is 22.8 Å². The number of nitrogens with zero attached hydrogens (tertiary/aromatic N) is 2. The van der Waals surface area contributed by atoms with Crippen LogP contribution >= 0.6 is 0 Å². The standard InChI is InChI=1S/C28H28N4O4/c1-18(2)25(30-23-14-12-21(13-15-23)27(35)29-17-16-24(33)34)19-8-10-20(11-9-19)26-31-28(36-32-26)22-6-4-3-5-7-22/h3-15,18,25,30H,16-17H2,1-2H3,(H,29,35)(H,33,34)/t25-/m0/s1. The van der Waals surface area contributed by atoms with Crippen LogP contribution in [0.2, 0.25) is 0 Å². The Morgan fingerprint density at radius 1 is 0.917 bits per heavy atom. The summed E-state index contributed by atoms with van der Waals surface area (Å²) in [5, 5.41) is 19.0. The van der Waals surface area contributed by atoms with Gasteiger partial charge < -0.3 is 20.3 Å². The Kier molecular flexibility index (Phi) is 7.75. The molecule has 0 bridgehead atoms. The van der Waals surface area contributed by atoms with Crippen molar-refractivity contribution in [3.63, 3.8) is 0 Å². The molecular formula is C28H28N4O4. The lowest BCUT2D eigenvalue weighted by Gasteiger charge is -2.24. The van der Waals surface area contributed by atoms with Crippen molar-refractivity contribution in [3.8, 4) is 22.8 Å². The van der Waals surface area contributed by atoms with Gasteiger partial charge in [-0.3, -0.25) is 9.59 Å². The Labute approximate surface area is 209 Å². The van der Waals surface area contributed by atoms with Crippen LogP contribution < -0.4 is 10.6 Å². The van der Waals surface area contributed by atoms with Gasteiger partial charge in [0.2, 0.25) is 5.82 Å². The number of carboxylic acid groups (broad SMARTS) is 1. The van der Waals surface area contributed by atoms with Gasteiger partial charge in [0, 0.05) is 28.9 Å². The molecule has 0 aliphatic heterocycles. The summed E-state index contributed by atoms with van der Waals surface area (Å²) in [4.78, 5) is 27.3. The third kappa shape index (κ3) is 6.15. The maximum Gasteiger partial charge on any atom is 0.305 e. The highest BCUT2D eigenvalue weighted by molar-refractivity contribution is 5.94. The predicted octanol–water partition coefficient (Wildman–Crippen LogP) is 5.42. The first kappa shape index (κ1) is 24.7. The lowest BCUT2D eigenvalue weighted by molar-refractivity contribution is -0.136. The molecule has 1 heterocycles. The van der Waals surface area contributed by atoms with Crippen molar-refractivity contribution >= 4 is 17.6 Å². The molecule has 1 amide bonds. The molecule has 0 aliphatic carbocycles. The van der Waals surface area contributed by atoms with Gasteiger partial charge in [0.15, 0.2) is 0 Å². The second-order valence-corrected chi connectivity index (χ2v) is 8.75. The molecule has 4 aromatic rings. The zero-order valence-electron chi connectivity index (χ0n) is 20.1. The number of aromatic nitrogens is 2. The second kappa shape index (κ2) is 11.3. The number of carbonyl (C=O) groups excluding carboxylic acids is 1. The van der Waals surface area contributed by atoms with E-state index >= 15 is 0 Å². The molecule has 8 nitrogen and oxygen atoms in total. The quantitative estimate of drug-likeness (QED) is 0.275. The van der Waals surface area contributed by atoms with Crippen LogP contribution in [0.1, 0.15) is 42.2 Å². The van der Waals surface area contributed by atoms with E-state index in [1.165, 1.54) is 0 Å². The second-order valence-electron chi connectivity index (χ2n) is 8.75. The van der Waals surface area contributed by atoms with Crippen LogP contribution in [0.5, 0.6) is 0 Å². The fourth-order valence-electron chi connectivity index (χ4n) is 3.80. The van der Waals surface area contributed by atoms with Gasteiger partial charge in [-0.25, -0.2) is 0 Å². The normalized spacial score (nSPS) is 11.8. The molecule has 4 rings (SSSR count). The number of amides is 1. The zero-order valence-corrected chi connectivity index (χ0v) is 20.1. The maximum absolute atomic E-state index is 12.2. The topological polar surface area (TPSA) is 117 Å². The van der Waals surface area contributed by atoms with Gasteiger partial charge in [-0.2, -0.15) is 4.98 Å². The average Bonchev–Trinajstić information content (AvgIpc) is 3.38. The fraction of sp³-hybridized carbons (Fsp3) is 0.214. The Hall–Kier alpha value is -4.46. The van der Waals surface area contributed by atoms with E-state index in [1.807, 2.05) is 54.6 Å². The minimum absolute atomic E-state index is 0.0411. The smallest absolute Gasteiger partial charge is 0.305 e. The van der Waals surface area contributed by atoms with Crippen molar-refractivity contribution in [3.05, 3.63) is 90.0 Å². The van der Waals surface area contributed by atoms with Gasteiger partial charge in [0.1, 0.15) is 0 Å². The first-order chi connectivity index (χ1) is 17.4. The SMILES string of the molecule is CC(C)[C@H](Nc1ccc(C(=O)NCCC(=O)O)cc1)c1ccc(-c2noc(-c3ccccc3)n2)cc1. The summed E-state index contributed by atoms with van der Waals surface area (Å²) >= 11 is 0. The Bertz CT molecular complexity index is 1300. The molecule has 1 aromatic heterocycles. The first-order valence-corrected chi connectivity index (χ1v) is 11.8. The number of rotatable bonds is 10. The minimum atomic E-state index is -0.947. The van der Waals surface area contributed by atoms with Crippen LogP contribution in [0.4, 0.5) is 5.69 Å².